The molecule has 2 aromatic heterocycles. The highest BCUT2D eigenvalue weighted by Gasteiger charge is 2.75. The largest absolute Gasteiger partial charge is 0.663 e. The Kier molecular flexibility index (Phi) is 7.29. The van der Waals surface area contributed by atoms with Crippen LogP contribution in [0.5, 0.6) is 11.5 Å². The maximum absolute atomic E-state index is 14.9. The second kappa shape index (κ2) is 12.0. The van der Waals surface area contributed by atoms with Crippen LogP contribution in [0, 0.1) is 23.2 Å². The smallest absolute Gasteiger partial charge is 0.261 e. The molecule has 320 valence electrons. The van der Waals surface area contributed by atoms with Gasteiger partial charge in [0, 0.05) is 40.1 Å². The monoisotopic (exact) mass is 838 g/mol. The van der Waals surface area contributed by atoms with Crippen molar-refractivity contribution in [3.63, 3.8) is 0 Å². The third-order valence-electron chi connectivity index (χ3n) is 17.4. The molecule has 13 nitrogen and oxygen atoms in total. The van der Waals surface area contributed by atoms with Gasteiger partial charge in [-0.2, -0.15) is 6.20 Å². The highest BCUT2D eigenvalue weighted by atomic mass is 16.7. The van der Waals surface area contributed by atoms with Gasteiger partial charge >= 0.3 is 0 Å². The number of hydrogen-bond acceptors (Lipinski definition) is 12. The molecule has 10 aliphatic rings. The Morgan fingerprint density at radius 2 is 1.71 bits per heavy atom. The van der Waals surface area contributed by atoms with Gasteiger partial charge in [-0.1, -0.05) is 36.5 Å². The van der Waals surface area contributed by atoms with Gasteiger partial charge < -0.3 is 50.4 Å². The van der Waals surface area contributed by atoms with Gasteiger partial charge in [0.1, 0.15) is 29.5 Å². The van der Waals surface area contributed by atoms with Crippen molar-refractivity contribution in [2.24, 2.45) is 16.2 Å². The van der Waals surface area contributed by atoms with Crippen molar-refractivity contribution in [3.05, 3.63) is 99.0 Å². The lowest BCUT2D eigenvalue weighted by Crippen LogP contribution is -2.78. The predicted molar refractivity (Wildman–Crippen MR) is 223 cm³/mol. The van der Waals surface area contributed by atoms with Crippen LogP contribution in [0.15, 0.2) is 59.9 Å². The quantitative estimate of drug-likeness (QED) is 0.111. The van der Waals surface area contributed by atoms with E-state index in [0.717, 1.165) is 56.1 Å². The van der Waals surface area contributed by atoms with E-state index < -0.39 is 64.3 Å². The number of ether oxygens (including phenoxy) is 2. The molecule has 10 atom stereocenters. The summed E-state index contributed by atoms with van der Waals surface area (Å²) >= 11 is 0. The van der Waals surface area contributed by atoms with Crippen molar-refractivity contribution >= 4 is 33.7 Å². The first kappa shape index (κ1) is 37.6. The molecular formula is C49H48N3O10-. The van der Waals surface area contributed by atoms with E-state index in [0.29, 0.717) is 64.7 Å². The summed E-state index contributed by atoms with van der Waals surface area (Å²) in [4.78, 5) is 39.4. The minimum Gasteiger partial charge on any atom is -0.663 e. The Balaban J connectivity index is 1.15. The second-order valence-corrected chi connectivity index (χ2v) is 20.2. The maximum atomic E-state index is 14.9. The van der Waals surface area contributed by atoms with Crippen molar-refractivity contribution in [1.82, 2.24) is 9.97 Å². The number of aryl methyl sites for hydroxylation is 1. The first-order chi connectivity index (χ1) is 29.8. The number of aromatic hydroxyl groups is 1. The average molecular weight is 839 g/mol. The number of phenols is 1. The molecule has 4 aromatic rings. The van der Waals surface area contributed by atoms with E-state index in [1.54, 1.807) is 31.3 Å². The topological polar surface area (TPSA) is 213 Å². The number of carbonyl (C=O) groups excluding carboxylic acids is 2. The molecule has 62 heavy (non-hydrogen) atoms. The number of nitrogens with one attached hydrogen (secondary N) is 1. The lowest BCUT2D eigenvalue weighted by Gasteiger charge is -2.64. The minimum absolute atomic E-state index is 0.0147. The highest BCUT2D eigenvalue weighted by Crippen LogP contribution is 2.73. The summed E-state index contributed by atoms with van der Waals surface area (Å²) in [7, 11) is 0. The van der Waals surface area contributed by atoms with Gasteiger partial charge in [0.05, 0.1) is 23.3 Å². The summed E-state index contributed by atoms with van der Waals surface area (Å²) in [6, 6.07) is 8.11. The third kappa shape index (κ3) is 4.28. The molecule has 8 bridgehead atoms. The van der Waals surface area contributed by atoms with E-state index in [1.807, 2.05) is 6.07 Å². The Labute approximate surface area is 356 Å². The Bertz CT molecular complexity index is 2800. The van der Waals surface area contributed by atoms with Crippen LogP contribution in [0.1, 0.15) is 125 Å². The van der Waals surface area contributed by atoms with Crippen molar-refractivity contribution in [2.75, 3.05) is 11.9 Å². The summed E-state index contributed by atoms with van der Waals surface area (Å²) in [5.74, 6) is -4.15. The van der Waals surface area contributed by atoms with E-state index in [2.05, 4.69) is 5.32 Å². The van der Waals surface area contributed by atoms with Gasteiger partial charge in [-0.05, 0) is 122 Å². The van der Waals surface area contributed by atoms with Crippen LogP contribution in [-0.2, 0) is 4.74 Å². The summed E-state index contributed by atoms with van der Waals surface area (Å²) in [6.45, 7) is 1.74. The fourth-order valence-corrected chi connectivity index (χ4v) is 14.9. The molecule has 4 aliphatic heterocycles. The molecule has 7 N–H and O–H groups in total. The van der Waals surface area contributed by atoms with Crippen LogP contribution in [0.25, 0.3) is 16.3 Å². The Hall–Kier alpha value is -4.89. The number of anilines is 1. The molecule has 4 fully saturated rings. The molecule has 0 amide bonds. The zero-order chi connectivity index (χ0) is 42.5. The lowest BCUT2D eigenvalue weighted by atomic mass is 9.51. The molecule has 13 heteroatoms. The van der Waals surface area contributed by atoms with Crippen molar-refractivity contribution in [1.29, 1.82) is 0 Å². The number of aromatic nitrogens is 2. The average Bonchev–Trinajstić information content (AvgIpc) is 4.08. The van der Waals surface area contributed by atoms with Crippen LogP contribution >= 0.6 is 0 Å². The molecule has 2 aromatic carbocycles. The zero-order valence-electron chi connectivity index (χ0n) is 34.3. The number of carbonyl (C=O) groups is 2. The Morgan fingerprint density at radius 1 is 0.887 bits per heavy atom. The normalized spacial score (nSPS) is 38.1. The van der Waals surface area contributed by atoms with Gasteiger partial charge in [0.15, 0.2) is 17.5 Å². The number of nitrogens with zero attached hydrogens (tertiary/aromatic N) is 2. The van der Waals surface area contributed by atoms with Crippen LogP contribution in [-0.4, -0.2) is 95.6 Å². The number of hydrogen-bond donors (Lipinski definition) is 7. The number of pyridine rings is 1. The summed E-state index contributed by atoms with van der Waals surface area (Å²) < 4.78 is 14.3. The Morgan fingerprint density at radius 3 is 2.53 bits per heavy atom. The molecule has 5 spiro atoms. The number of aliphatic hydroxyl groups is 5. The molecule has 1 saturated heterocycles. The number of benzene rings is 2. The number of rotatable bonds is 0. The standard InChI is InChI=1S/C49H48N3O10/c1-22-15-26-33(30(53)16-22)39(56)35-31-17-25-23(34(35)38(26)55)6-14-51-43(25)52-20-32(54)47-10-4-5-28(47)24-7-13-50-37(24)27-18-48(61-31)41(58)40(57)42(59)49(62-48)36(27)29(47)19-46(44(49)60)12-11-45(21-46)8-2-3-9-45/h6-7,13-18,28,32,40-42,44,54,57-60H,2-5,8-12,19-21H2,1H3,(H,53,56)(H,51,52,55)/q-1. The fraction of sp³-hybridized carbons (Fsp3) is 0.490. The maximum Gasteiger partial charge on any atom is 0.261 e. The minimum atomic E-state index is -2.40. The van der Waals surface area contributed by atoms with Crippen LogP contribution in [0.2, 0.25) is 0 Å². The third-order valence-corrected chi connectivity index (χ3v) is 17.4. The first-order valence-electron chi connectivity index (χ1n) is 22.3. The van der Waals surface area contributed by atoms with Gasteiger partial charge in [0.25, 0.3) is 5.79 Å². The molecule has 14 rings (SSSR count). The molecule has 6 heterocycles. The van der Waals surface area contributed by atoms with E-state index in [9.17, 15) is 40.2 Å². The van der Waals surface area contributed by atoms with Gasteiger partial charge in [-0.3, -0.25) is 9.59 Å². The molecule has 0 radical (unpaired) electrons. The van der Waals surface area contributed by atoms with Gasteiger partial charge in [-0.25, -0.2) is 4.98 Å². The van der Waals surface area contributed by atoms with Gasteiger partial charge in [-0.15, -0.1) is 5.69 Å². The molecule has 6 aliphatic carbocycles. The van der Waals surface area contributed by atoms with Gasteiger partial charge in [0.2, 0.25) is 5.78 Å². The molecule has 3 saturated carbocycles. The van der Waals surface area contributed by atoms with E-state index >= 15 is 0 Å². The summed E-state index contributed by atoms with van der Waals surface area (Å²) in [5.41, 5.74) is -0.514. The number of ketones is 2. The summed E-state index contributed by atoms with van der Waals surface area (Å²) in [6.07, 6.45) is 5.49. The van der Waals surface area contributed by atoms with E-state index in [4.69, 9.17) is 19.4 Å². The number of aliphatic hydroxyl groups excluding tert-OH is 5. The van der Waals surface area contributed by atoms with Crippen molar-refractivity contribution in [3.8, 4) is 11.5 Å². The van der Waals surface area contributed by atoms with E-state index in [1.165, 1.54) is 18.3 Å². The molecular weight excluding hydrogens is 791 g/mol. The van der Waals surface area contributed by atoms with Crippen molar-refractivity contribution < 1.29 is 49.7 Å². The number of phenolic OH excluding ortho intramolecular Hbond substituents is 1. The molecule has 10 unspecified atom stereocenters. The zero-order valence-corrected chi connectivity index (χ0v) is 34.3. The SMILES string of the molecule is Cc1cc(O)c2c(c1)C(=O)c1c(c3cc4c(nccc14)NCC(O)C14CCCC1c1cc[n-]c1C1=CC5(O3)OC3(C1=C4CC1(CCC4(CCCC4)C1)C3O)C(O)C(O)C5O)C2=O. The fourth-order valence-electron chi connectivity index (χ4n) is 14.9. The van der Waals surface area contributed by atoms with Crippen molar-refractivity contribution in [2.45, 2.75) is 125 Å². The van der Waals surface area contributed by atoms with Crippen LogP contribution < -0.4 is 15.0 Å². The highest BCUT2D eigenvalue weighted by molar-refractivity contribution is 6.34. The van der Waals surface area contributed by atoms with Crippen LogP contribution in [0.4, 0.5) is 5.82 Å². The summed E-state index contributed by atoms with van der Waals surface area (Å²) in [5, 5.41) is 79.7. The predicted octanol–water partition coefficient (Wildman–Crippen LogP) is 4.85. The first-order valence-corrected chi connectivity index (χ1v) is 22.3. The second-order valence-electron chi connectivity index (χ2n) is 20.2. The van der Waals surface area contributed by atoms with Crippen LogP contribution in [0.3, 0.4) is 0 Å². The number of fused-ring (bicyclic) bond motifs is 7. The van der Waals surface area contributed by atoms with E-state index in [-0.39, 0.29) is 51.6 Å². The lowest BCUT2D eigenvalue weighted by molar-refractivity contribution is -0.366.